The predicted molar refractivity (Wildman–Crippen MR) is 74.3 cm³/mol. The molecule has 3 rings (SSSR count). The lowest BCUT2D eigenvalue weighted by Crippen LogP contribution is -2.04. The second-order valence-electron chi connectivity index (χ2n) is 3.41. The van der Waals surface area contributed by atoms with Gasteiger partial charge in [-0.3, -0.25) is 3.11 Å². The number of halogens is 1. The van der Waals surface area contributed by atoms with Gasteiger partial charge in [-0.2, -0.15) is 0 Å². The van der Waals surface area contributed by atoms with Crippen LogP contribution in [0.3, 0.4) is 0 Å². The quantitative estimate of drug-likeness (QED) is 0.577. The largest absolute Gasteiger partial charge is 0.340 e. The van der Waals surface area contributed by atoms with E-state index < -0.39 is 0 Å². The second-order valence-corrected chi connectivity index (χ2v) is 4.38. The SMILES string of the molecule is IN(c1ccccc1)c1ncnc2nc[nH]c12. The molecular weight excluding hydrogens is 329 g/mol. The van der Waals surface area contributed by atoms with Crippen LogP contribution in [0.4, 0.5) is 11.5 Å². The Labute approximate surface area is 111 Å². The molecule has 0 spiro atoms. The van der Waals surface area contributed by atoms with Gasteiger partial charge >= 0.3 is 0 Å². The number of fused-ring (bicyclic) bond motifs is 1. The highest BCUT2D eigenvalue weighted by molar-refractivity contribution is 14.1. The van der Waals surface area contributed by atoms with Gasteiger partial charge in [0.25, 0.3) is 0 Å². The Kier molecular flexibility index (Phi) is 2.63. The van der Waals surface area contributed by atoms with Crippen molar-refractivity contribution >= 4 is 45.5 Å². The fraction of sp³-hybridized carbons (Fsp3) is 0. The topological polar surface area (TPSA) is 57.7 Å². The van der Waals surface area contributed by atoms with Crippen LogP contribution >= 0.6 is 22.9 Å². The Morgan fingerprint density at radius 3 is 2.71 bits per heavy atom. The number of rotatable bonds is 2. The van der Waals surface area contributed by atoms with Gasteiger partial charge in [-0.1, -0.05) is 18.2 Å². The van der Waals surface area contributed by atoms with Crippen LogP contribution in [0.1, 0.15) is 0 Å². The van der Waals surface area contributed by atoms with E-state index in [0.29, 0.717) is 5.65 Å². The molecule has 0 atom stereocenters. The molecule has 84 valence electrons. The molecule has 0 unspecified atom stereocenters. The molecule has 6 heteroatoms. The zero-order chi connectivity index (χ0) is 11.7. The fourth-order valence-corrected chi connectivity index (χ4v) is 2.27. The lowest BCUT2D eigenvalue weighted by molar-refractivity contribution is 1.18. The van der Waals surface area contributed by atoms with E-state index in [4.69, 9.17) is 0 Å². The summed E-state index contributed by atoms with van der Waals surface area (Å²) in [6.07, 6.45) is 3.14. The number of para-hydroxylation sites is 1. The third-order valence-electron chi connectivity index (χ3n) is 2.37. The molecule has 0 aliphatic heterocycles. The number of aromatic amines is 1. The maximum Gasteiger partial charge on any atom is 0.182 e. The van der Waals surface area contributed by atoms with Crippen LogP contribution in [0.2, 0.25) is 0 Å². The summed E-state index contributed by atoms with van der Waals surface area (Å²) >= 11 is 2.21. The van der Waals surface area contributed by atoms with Crippen LogP contribution < -0.4 is 3.11 Å². The maximum absolute atomic E-state index is 4.29. The fourth-order valence-electron chi connectivity index (χ4n) is 1.58. The molecule has 3 aromatic rings. The first-order valence-electron chi connectivity index (χ1n) is 5.01. The number of nitrogens with one attached hydrogen (secondary N) is 1. The van der Waals surface area contributed by atoms with Gasteiger partial charge in [-0.05, 0) is 12.1 Å². The molecule has 0 aliphatic rings. The number of nitrogens with zero attached hydrogens (tertiary/aromatic N) is 4. The number of benzene rings is 1. The summed E-state index contributed by atoms with van der Waals surface area (Å²) in [5, 5.41) is 0. The van der Waals surface area contributed by atoms with E-state index in [1.807, 2.05) is 33.4 Å². The first-order chi connectivity index (χ1) is 8.36. The molecule has 1 aromatic carbocycles. The molecule has 0 bridgehead atoms. The average Bonchev–Trinajstić information content (AvgIpc) is 2.87. The first-order valence-corrected chi connectivity index (χ1v) is 5.98. The molecule has 0 amide bonds. The second kappa shape index (κ2) is 4.28. The first kappa shape index (κ1) is 10.5. The number of aromatic nitrogens is 4. The summed E-state index contributed by atoms with van der Waals surface area (Å²) in [6.45, 7) is 0. The smallest absolute Gasteiger partial charge is 0.182 e. The van der Waals surface area contributed by atoms with Crippen LogP contribution in [-0.2, 0) is 0 Å². The van der Waals surface area contributed by atoms with E-state index in [1.165, 1.54) is 6.33 Å². The summed E-state index contributed by atoms with van der Waals surface area (Å²) in [5.41, 5.74) is 2.57. The van der Waals surface area contributed by atoms with Crippen molar-refractivity contribution < 1.29 is 0 Å². The highest BCUT2D eigenvalue weighted by atomic mass is 127. The lowest BCUT2D eigenvalue weighted by Gasteiger charge is -2.15. The third-order valence-corrected chi connectivity index (χ3v) is 3.39. The molecule has 0 saturated heterocycles. The van der Waals surface area contributed by atoms with Crippen LogP contribution in [0.5, 0.6) is 0 Å². The Bertz CT molecular complexity index is 636. The van der Waals surface area contributed by atoms with Crippen LogP contribution in [0, 0.1) is 0 Å². The van der Waals surface area contributed by atoms with E-state index in [2.05, 4.69) is 42.8 Å². The van der Waals surface area contributed by atoms with Gasteiger partial charge in [0.15, 0.2) is 11.5 Å². The molecule has 0 aliphatic carbocycles. The normalized spacial score (nSPS) is 10.6. The molecule has 17 heavy (non-hydrogen) atoms. The average molecular weight is 337 g/mol. The molecule has 2 heterocycles. The molecule has 1 N–H and O–H groups in total. The molecule has 2 aromatic heterocycles. The van der Waals surface area contributed by atoms with Crippen LogP contribution in [0.15, 0.2) is 43.0 Å². The van der Waals surface area contributed by atoms with Gasteiger partial charge in [0.05, 0.1) is 34.9 Å². The lowest BCUT2D eigenvalue weighted by atomic mass is 10.3. The number of H-pyrrole nitrogens is 1. The van der Waals surface area contributed by atoms with Crippen LogP contribution in [0.25, 0.3) is 11.2 Å². The number of imidazole rings is 1. The van der Waals surface area contributed by atoms with Crippen molar-refractivity contribution in [2.45, 2.75) is 0 Å². The van der Waals surface area contributed by atoms with E-state index in [-0.39, 0.29) is 0 Å². The van der Waals surface area contributed by atoms with Gasteiger partial charge < -0.3 is 4.98 Å². The Balaban J connectivity index is 2.13. The highest BCUT2D eigenvalue weighted by Gasteiger charge is 2.12. The van der Waals surface area contributed by atoms with Gasteiger partial charge in [0, 0.05) is 0 Å². The van der Waals surface area contributed by atoms with Crippen molar-refractivity contribution in [1.82, 2.24) is 19.9 Å². The zero-order valence-corrected chi connectivity index (χ0v) is 10.9. The van der Waals surface area contributed by atoms with E-state index in [9.17, 15) is 0 Å². The standard InChI is InChI=1S/C11H8IN5/c12-17(8-4-2-1-3-5-8)11-9-10(14-6-13-9)15-7-16-11/h1-7H,(H,13,14,15,16). The van der Waals surface area contributed by atoms with Crippen molar-refractivity contribution in [2.24, 2.45) is 0 Å². The molecule has 0 fully saturated rings. The van der Waals surface area contributed by atoms with Crippen molar-refractivity contribution in [3.05, 3.63) is 43.0 Å². The summed E-state index contributed by atoms with van der Waals surface area (Å²) in [7, 11) is 0. The van der Waals surface area contributed by atoms with Gasteiger partial charge in [0.1, 0.15) is 11.8 Å². The molecule has 5 nitrogen and oxygen atoms in total. The van der Waals surface area contributed by atoms with E-state index in [1.54, 1.807) is 6.33 Å². The Hall–Kier alpha value is -1.70. The summed E-state index contributed by atoms with van der Waals surface area (Å²) in [6, 6.07) is 10.0. The van der Waals surface area contributed by atoms with Gasteiger partial charge in [0.2, 0.25) is 0 Å². The third kappa shape index (κ3) is 1.84. The minimum atomic E-state index is 0.674. The summed E-state index contributed by atoms with van der Waals surface area (Å²) in [4.78, 5) is 15.6. The van der Waals surface area contributed by atoms with Crippen LogP contribution in [-0.4, -0.2) is 19.9 Å². The summed E-state index contributed by atoms with van der Waals surface area (Å²) < 4.78 is 1.97. The highest BCUT2D eigenvalue weighted by Crippen LogP contribution is 2.30. The molecule has 0 radical (unpaired) electrons. The molecular formula is C11H8IN5. The van der Waals surface area contributed by atoms with Crippen molar-refractivity contribution in [3.8, 4) is 0 Å². The van der Waals surface area contributed by atoms with Crippen molar-refractivity contribution in [1.29, 1.82) is 0 Å². The number of hydrogen-bond donors (Lipinski definition) is 1. The van der Waals surface area contributed by atoms with Crippen molar-refractivity contribution in [2.75, 3.05) is 3.11 Å². The van der Waals surface area contributed by atoms with Gasteiger partial charge in [-0.25, -0.2) is 15.0 Å². The van der Waals surface area contributed by atoms with Crippen molar-refractivity contribution in [3.63, 3.8) is 0 Å². The maximum atomic E-state index is 4.29. The number of anilines is 2. The number of hydrogen-bond acceptors (Lipinski definition) is 4. The molecule has 0 saturated carbocycles. The Morgan fingerprint density at radius 1 is 1.06 bits per heavy atom. The predicted octanol–water partition coefficient (Wildman–Crippen LogP) is 2.84. The van der Waals surface area contributed by atoms with E-state index in [0.717, 1.165) is 17.0 Å². The van der Waals surface area contributed by atoms with Gasteiger partial charge in [-0.15, -0.1) is 0 Å². The minimum absolute atomic E-state index is 0.674. The van der Waals surface area contributed by atoms with E-state index >= 15 is 0 Å². The summed E-state index contributed by atoms with van der Waals surface area (Å²) in [5.74, 6) is 0.805. The Morgan fingerprint density at radius 2 is 1.88 bits per heavy atom. The minimum Gasteiger partial charge on any atom is -0.340 e. The monoisotopic (exact) mass is 337 g/mol. The zero-order valence-electron chi connectivity index (χ0n) is 8.71.